The highest BCUT2D eigenvalue weighted by molar-refractivity contribution is 9.10. The van der Waals surface area contributed by atoms with Crippen LogP contribution in [0.25, 0.3) is 0 Å². The van der Waals surface area contributed by atoms with Crippen molar-refractivity contribution in [3.05, 3.63) is 28.2 Å². The lowest BCUT2D eigenvalue weighted by atomic mass is 10.1. The summed E-state index contributed by atoms with van der Waals surface area (Å²) in [6.07, 6.45) is 2.45. The second-order valence-electron chi connectivity index (χ2n) is 3.96. The molecule has 1 atom stereocenters. The van der Waals surface area contributed by atoms with Gasteiger partial charge in [0.15, 0.2) is 0 Å². The zero-order valence-corrected chi connectivity index (χ0v) is 10.3. The number of halogens is 1. The third-order valence-corrected chi connectivity index (χ3v) is 3.43. The van der Waals surface area contributed by atoms with Crippen LogP contribution in [-0.4, -0.2) is 12.6 Å². The third kappa shape index (κ3) is 2.00. The third-order valence-electron chi connectivity index (χ3n) is 2.94. The molecule has 1 aliphatic rings. The van der Waals surface area contributed by atoms with Gasteiger partial charge in [-0.2, -0.15) is 5.26 Å². The molecule has 0 spiro atoms. The van der Waals surface area contributed by atoms with E-state index in [1.807, 2.05) is 18.2 Å². The van der Waals surface area contributed by atoms with Gasteiger partial charge in [0.1, 0.15) is 6.07 Å². The highest BCUT2D eigenvalue weighted by atomic mass is 79.9. The molecule has 15 heavy (non-hydrogen) atoms. The molecule has 1 heterocycles. The Bertz CT molecular complexity index is 409. The van der Waals surface area contributed by atoms with E-state index in [0.717, 1.165) is 22.3 Å². The molecule has 0 saturated carbocycles. The van der Waals surface area contributed by atoms with E-state index in [1.54, 1.807) is 0 Å². The molecule has 1 aromatic rings. The number of nitriles is 1. The lowest BCUT2D eigenvalue weighted by Crippen LogP contribution is -2.26. The average molecular weight is 265 g/mol. The van der Waals surface area contributed by atoms with Gasteiger partial charge in [-0.05, 0) is 38.0 Å². The molecule has 0 aliphatic carbocycles. The van der Waals surface area contributed by atoms with E-state index in [0.29, 0.717) is 6.04 Å². The van der Waals surface area contributed by atoms with Gasteiger partial charge in [0.2, 0.25) is 0 Å². The Morgan fingerprint density at radius 2 is 2.33 bits per heavy atom. The van der Waals surface area contributed by atoms with E-state index in [1.165, 1.54) is 12.8 Å². The van der Waals surface area contributed by atoms with Gasteiger partial charge < -0.3 is 4.90 Å². The molecule has 0 aromatic heterocycles. The fraction of sp³-hybridized carbons (Fsp3) is 0.417. The van der Waals surface area contributed by atoms with Gasteiger partial charge in [0.25, 0.3) is 0 Å². The van der Waals surface area contributed by atoms with Crippen LogP contribution in [0.4, 0.5) is 5.69 Å². The molecule has 78 valence electrons. The number of rotatable bonds is 1. The van der Waals surface area contributed by atoms with Crippen molar-refractivity contribution in [3.63, 3.8) is 0 Å². The van der Waals surface area contributed by atoms with Crippen molar-refractivity contribution >= 4 is 21.6 Å². The van der Waals surface area contributed by atoms with Gasteiger partial charge in [-0.1, -0.05) is 15.9 Å². The predicted molar refractivity (Wildman–Crippen MR) is 64.9 cm³/mol. The lowest BCUT2D eigenvalue weighted by molar-refractivity contribution is 0.734. The molecule has 0 bridgehead atoms. The van der Waals surface area contributed by atoms with Gasteiger partial charge in [0.05, 0.1) is 11.3 Å². The summed E-state index contributed by atoms with van der Waals surface area (Å²) < 4.78 is 0.967. The topological polar surface area (TPSA) is 27.0 Å². The van der Waals surface area contributed by atoms with Crippen molar-refractivity contribution in [1.82, 2.24) is 0 Å². The summed E-state index contributed by atoms with van der Waals surface area (Å²) in [5, 5.41) is 9.09. The number of hydrogen-bond donors (Lipinski definition) is 0. The molecule has 1 fully saturated rings. The normalized spacial score (nSPS) is 20.3. The Kier molecular flexibility index (Phi) is 2.97. The van der Waals surface area contributed by atoms with Gasteiger partial charge in [-0.25, -0.2) is 0 Å². The van der Waals surface area contributed by atoms with Crippen LogP contribution < -0.4 is 4.90 Å². The zero-order chi connectivity index (χ0) is 10.8. The maximum Gasteiger partial charge on any atom is 0.101 e. The van der Waals surface area contributed by atoms with Crippen molar-refractivity contribution in [2.75, 3.05) is 11.4 Å². The molecule has 2 rings (SSSR count). The van der Waals surface area contributed by atoms with E-state index < -0.39 is 0 Å². The van der Waals surface area contributed by atoms with Crippen LogP contribution in [0.1, 0.15) is 25.3 Å². The van der Waals surface area contributed by atoms with E-state index in [4.69, 9.17) is 5.26 Å². The number of anilines is 1. The predicted octanol–water partition coefficient (Wildman–Crippen LogP) is 3.31. The molecule has 1 aromatic carbocycles. The number of benzene rings is 1. The standard InChI is InChI=1S/C12H13BrN2/c1-9-3-2-6-15(9)12-5-4-11(13)7-10(12)8-14/h4-5,7,9H,2-3,6H2,1H3. The van der Waals surface area contributed by atoms with Gasteiger partial charge in [-0.15, -0.1) is 0 Å². The first-order chi connectivity index (χ1) is 7.22. The van der Waals surface area contributed by atoms with Crippen molar-refractivity contribution in [3.8, 4) is 6.07 Å². The van der Waals surface area contributed by atoms with Crippen LogP contribution in [-0.2, 0) is 0 Å². The maximum absolute atomic E-state index is 9.09. The van der Waals surface area contributed by atoms with E-state index in [-0.39, 0.29) is 0 Å². The van der Waals surface area contributed by atoms with Crippen molar-refractivity contribution < 1.29 is 0 Å². The number of hydrogen-bond acceptors (Lipinski definition) is 2. The summed E-state index contributed by atoms with van der Waals surface area (Å²) in [6.45, 7) is 3.29. The minimum absolute atomic E-state index is 0.554. The second kappa shape index (κ2) is 4.24. The first kappa shape index (κ1) is 10.5. The van der Waals surface area contributed by atoms with Gasteiger partial charge >= 0.3 is 0 Å². The highest BCUT2D eigenvalue weighted by Crippen LogP contribution is 2.29. The highest BCUT2D eigenvalue weighted by Gasteiger charge is 2.22. The fourth-order valence-corrected chi connectivity index (χ4v) is 2.50. The first-order valence-corrected chi connectivity index (χ1v) is 5.98. The van der Waals surface area contributed by atoms with Crippen LogP contribution in [0.15, 0.2) is 22.7 Å². The number of nitrogens with zero attached hydrogens (tertiary/aromatic N) is 2. The van der Waals surface area contributed by atoms with E-state index >= 15 is 0 Å². The molecule has 0 N–H and O–H groups in total. The monoisotopic (exact) mass is 264 g/mol. The van der Waals surface area contributed by atoms with Gasteiger partial charge in [-0.3, -0.25) is 0 Å². The minimum Gasteiger partial charge on any atom is -0.368 e. The Balaban J connectivity index is 2.39. The average Bonchev–Trinajstić information content (AvgIpc) is 2.64. The lowest BCUT2D eigenvalue weighted by Gasteiger charge is -2.24. The Labute approximate surface area is 98.6 Å². The molecule has 1 aliphatic heterocycles. The minimum atomic E-state index is 0.554. The molecule has 2 nitrogen and oxygen atoms in total. The van der Waals surface area contributed by atoms with E-state index in [2.05, 4.69) is 33.8 Å². The maximum atomic E-state index is 9.09. The largest absolute Gasteiger partial charge is 0.368 e. The van der Waals surface area contributed by atoms with E-state index in [9.17, 15) is 0 Å². The summed E-state index contributed by atoms with van der Waals surface area (Å²) in [7, 11) is 0. The zero-order valence-electron chi connectivity index (χ0n) is 8.70. The summed E-state index contributed by atoms with van der Waals surface area (Å²) in [4.78, 5) is 2.32. The Hall–Kier alpha value is -1.01. The summed E-state index contributed by atoms with van der Waals surface area (Å²) in [5.41, 5.74) is 1.84. The summed E-state index contributed by atoms with van der Waals surface area (Å²) in [6, 6.07) is 8.74. The molecular formula is C12H13BrN2. The van der Waals surface area contributed by atoms with Crippen LogP contribution in [0.3, 0.4) is 0 Å². The van der Waals surface area contributed by atoms with Gasteiger partial charge in [0, 0.05) is 17.1 Å². The first-order valence-electron chi connectivity index (χ1n) is 5.18. The molecule has 3 heteroatoms. The van der Waals surface area contributed by atoms with Crippen LogP contribution >= 0.6 is 15.9 Å². The quantitative estimate of drug-likeness (QED) is 0.778. The summed E-state index contributed by atoms with van der Waals surface area (Å²) in [5.74, 6) is 0. The van der Waals surface area contributed by atoms with Crippen molar-refractivity contribution in [2.45, 2.75) is 25.8 Å². The smallest absolute Gasteiger partial charge is 0.101 e. The van der Waals surface area contributed by atoms with Crippen LogP contribution in [0, 0.1) is 11.3 Å². The molecule has 1 unspecified atom stereocenters. The SMILES string of the molecule is CC1CCCN1c1ccc(Br)cc1C#N. The van der Waals surface area contributed by atoms with Crippen molar-refractivity contribution in [1.29, 1.82) is 5.26 Å². The Morgan fingerprint density at radius 3 is 2.93 bits per heavy atom. The molecule has 1 saturated heterocycles. The van der Waals surface area contributed by atoms with Crippen LogP contribution in [0.5, 0.6) is 0 Å². The summed E-state index contributed by atoms with van der Waals surface area (Å²) >= 11 is 3.39. The second-order valence-corrected chi connectivity index (χ2v) is 4.87. The van der Waals surface area contributed by atoms with Crippen molar-refractivity contribution in [2.24, 2.45) is 0 Å². The molecular weight excluding hydrogens is 252 g/mol. The van der Waals surface area contributed by atoms with Crippen LogP contribution in [0.2, 0.25) is 0 Å². The molecule has 0 amide bonds. The fourth-order valence-electron chi connectivity index (χ4n) is 2.14. The molecule has 0 radical (unpaired) electrons. The Morgan fingerprint density at radius 1 is 1.53 bits per heavy atom.